The summed E-state index contributed by atoms with van der Waals surface area (Å²) in [5.41, 5.74) is 3.85. The fraction of sp³-hybridized carbons (Fsp3) is 0.200. The van der Waals surface area contributed by atoms with E-state index in [1.54, 1.807) is 24.3 Å². The van der Waals surface area contributed by atoms with Gasteiger partial charge in [0, 0.05) is 10.4 Å². The minimum absolute atomic E-state index is 0.166. The van der Waals surface area contributed by atoms with Gasteiger partial charge in [0.15, 0.2) is 0 Å². The van der Waals surface area contributed by atoms with Crippen molar-refractivity contribution in [2.75, 3.05) is 0 Å². The first-order chi connectivity index (χ1) is 11.8. The molecule has 1 aromatic heterocycles. The van der Waals surface area contributed by atoms with Crippen LogP contribution in [0.2, 0.25) is 5.02 Å². The third kappa shape index (κ3) is 3.59. The highest BCUT2D eigenvalue weighted by atomic mass is 35.5. The van der Waals surface area contributed by atoms with Crippen molar-refractivity contribution < 1.29 is 9.21 Å². The second kappa shape index (κ2) is 6.73. The lowest BCUT2D eigenvalue weighted by molar-refractivity contribution is 0.0935. The number of halogens is 1. The zero-order valence-corrected chi connectivity index (χ0v) is 15.1. The maximum Gasteiger partial charge on any atom is 0.257 e. The van der Waals surface area contributed by atoms with Gasteiger partial charge in [0.05, 0.1) is 6.04 Å². The molecule has 1 heterocycles. The van der Waals surface area contributed by atoms with E-state index in [1.165, 1.54) is 0 Å². The summed E-state index contributed by atoms with van der Waals surface area (Å²) in [5, 5.41) is 12.2. The minimum atomic E-state index is -0.343. The van der Waals surface area contributed by atoms with Crippen LogP contribution in [0, 0.1) is 19.3 Å². The van der Waals surface area contributed by atoms with Crippen LogP contribution in [0.5, 0.6) is 0 Å². The van der Waals surface area contributed by atoms with E-state index < -0.39 is 0 Å². The van der Waals surface area contributed by atoms with Gasteiger partial charge < -0.3 is 9.73 Å². The molecule has 0 saturated carbocycles. The van der Waals surface area contributed by atoms with E-state index in [9.17, 15) is 4.79 Å². The van der Waals surface area contributed by atoms with Crippen LogP contribution < -0.4 is 10.9 Å². The minimum Gasteiger partial charge on any atom is -0.438 e. The van der Waals surface area contributed by atoms with Gasteiger partial charge in [0.2, 0.25) is 5.55 Å². The molecule has 1 atom stereocenters. The Bertz CT molecular complexity index is 1020. The molecule has 0 aliphatic heterocycles. The largest absolute Gasteiger partial charge is 0.438 e. The van der Waals surface area contributed by atoms with Gasteiger partial charge in [-0.2, -0.15) is 0 Å². The Kier molecular flexibility index (Phi) is 4.64. The monoisotopic (exact) mass is 354 g/mol. The first-order valence-electron chi connectivity index (χ1n) is 8.01. The first-order valence-corrected chi connectivity index (χ1v) is 8.39. The molecule has 3 aromatic rings. The van der Waals surface area contributed by atoms with Gasteiger partial charge in [-0.25, -0.2) is 0 Å². The molecule has 0 fully saturated rings. The van der Waals surface area contributed by atoms with Gasteiger partial charge in [0.1, 0.15) is 11.1 Å². The molecule has 2 N–H and O–H groups in total. The lowest BCUT2D eigenvalue weighted by atomic mass is 10.00. The van der Waals surface area contributed by atoms with Crippen molar-refractivity contribution >= 4 is 28.5 Å². The quantitative estimate of drug-likeness (QED) is 0.717. The fourth-order valence-corrected chi connectivity index (χ4v) is 3.04. The van der Waals surface area contributed by atoms with Gasteiger partial charge in [-0.05, 0) is 56.2 Å². The van der Waals surface area contributed by atoms with Crippen molar-refractivity contribution in [3.05, 3.63) is 75.3 Å². The summed E-state index contributed by atoms with van der Waals surface area (Å²) >= 11 is 6.00. The average molecular weight is 355 g/mol. The third-order valence-electron chi connectivity index (χ3n) is 4.22. The standard InChI is InChI=1S/C20H19ClN2O2/c1-11-4-5-12(2)16(8-11)13(3)23-20(24)17-10-14-9-15(21)6-7-18(14)25-19(17)22/h4-10,13,22H,1-3H3,(H,23,24)/t13-/m1/s1. The molecular weight excluding hydrogens is 336 g/mol. The summed E-state index contributed by atoms with van der Waals surface area (Å²) in [4.78, 5) is 12.6. The Morgan fingerprint density at radius 1 is 1.16 bits per heavy atom. The summed E-state index contributed by atoms with van der Waals surface area (Å²) in [6, 6.07) is 12.7. The van der Waals surface area contributed by atoms with Gasteiger partial charge in [-0.1, -0.05) is 35.4 Å². The predicted molar refractivity (Wildman–Crippen MR) is 98.9 cm³/mol. The number of hydrogen-bond donors (Lipinski definition) is 2. The summed E-state index contributed by atoms with van der Waals surface area (Å²) in [6.45, 7) is 5.96. The number of amides is 1. The highest BCUT2D eigenvalue weighted by molar-refractivity contribution is 6.31. The molecule has 0 spiro atoms. The Balaban J connectivity index is 1.93. The van der Waals surface area contributed by atoms with E-state index in [-0.39, 0.29) is 23.1 Å². The molecule has 0 unspecified atom stereocenters. The Labute approximate surface area is 150 Å². The lowest BCUT2D eigenvalue weighted by Crippen LogP contribution is -2.31. The molecule has 128 valence electrons. The van der Waals surface area contributed by atoms with Crippen LogP contribution >= 0.6 is 11.6 Å². The van der Waals surface area contributed by atoms with E-state index in [4.69, 9.17) is 21.4 Å². The topological polar surface area (TPSA) is 66.1 Å². The van der Waals surface area contributed by atoms with Crippen LogP contribution in [0.15, 0.2) is 46.9 Å². The molecular formula is C20H19ClN2O2. The SMILES string of the molecule is Cc1ccc(C)c([C@@H](C)NC(=O)c2cc3cc(Cl)ccc3oc2=N)c1. The Hall–Kier alpha value is -2.59. The van der Waals surface area contributed by atoms with E-state index in [2.05, 4.69) is 11.4 Å². The highest BCUT2D eigenvalue weighted by Crippen LogP contribution is 2.21. The number of benzene rings is 2. The maximum atomic E-state index is 12.6. The fourth-order valence-electron chi connectivity index (χ4n) is 2.86. The highest BCUT2D eigenvalue weighted by Gasteiger charge is 2.16. The molecule has 3 rings (SSSR count). The van der Waals surface area contributed by atoms with E-state index in [0.717, 1.165) is 16.7 Å². The lowest BCUT2D eigenvalue weighted by Gasteiger charge is -2.17. The van der Waals surface area contributed by atoms with Crippen molar-refractivity contribution in [1.82, 2.24) is 5.32 Å². The normalized spacial score (nSPS) is 12.2. The number of hydrogen-bond acceptors (Lipinski definition) is 3. The molecule has 0 aliphatic rings. The molecule has 5 heteroatoms. The van der Waals surface area contributed by atoms with Crippen LogP contribution in [0.4, 0.5) is 0 Å². The average Bonchev–Trinajstić information content (AvgIpc) is 2.56. The predicted octanol–water partition coefficient (Wildman–Crippen LogP) is 4.67. The van der Waals surface area contributed by atoms with E-state index in [1.807, 2.05) is 32.9 Å². The molecule has 1 amide bonds. The second-order valence-corrected chi connectivity index (χ2v) is 6.66. The van der Waals surface area contributed by atoms with Crippen LogP contribution in [0.25, 0.3) is 11.0 Å². The molecule has 0 bridgehead atoms. The first kappa shape index (κ1) is 17.2. The van der Waals surface area contributed by atoms with Crippen LogP contribution in [0.3, 0.4) is 0 Å². The number of carbonyl (C=O) groups excluding carboxylic acids is 1. The summed E-state index contributed by atoms with van der Waals surface area (Å²) in [6.07, 6.45) is 0. The van der Waals surface area contributed by atoms with Gasteiger partial charge in [-0.15, -0.1) is 0 Å². The molecule has 0 radical (unpaired) electrons. The van der Waals surface area contributed by atoms with Crippen molar-refractivity contribution in [1.29, 1.82) is 5.41 Å². The van der Waals surface area contributed by atoms with Crippen molar-refractivity contribution in [2.45, 2.75) is 26.8 Å². The van der Waals surface area contributed by atoms with Gasteiger partial charge in [0.25, 0.3) is 5.91 Å². The third-order valence-corrected chi connectivity index (χ3v) is 4.46. The van der Waals surface area contributed by atoms with Crippen LogP contribution in [-0.4, -0.2) is 5.91 Å². The maximum absolute atomic E-state index is 12.6. The molecule has 2 aromatic carbocycles. The summed E-state index contributed by atoms with van der Waals surface area (Å²) in [7, 11) is 0. The van der Waals surface area contributed by atoms with Gasteiger partial charge >= 0.3 is 0 Å². The van der Waals surface area contributed by atoms with Crippen molar-refractivity contribution in [2.24, 2.45) is 0 Å². The van der Waals surface area contributed by atoms with Crippen molar-refractivity contribution in [3.63, 3.8) is 0 Å². The number of aryl methyl sites for hydroxylation is 2. The van der Waals surface area contributed by atoms with Gasteiger partial charge in [-0.3, -0.25) is 10.2 Å². The van der Waals surface area contributed by atoms with E-state index in [0.29, 0.717) is 16.0 Å². The molecule has 0 saturated heterocycles. The summed E-state index contributed by atoms with van der Waals surface area (Å²) < 4.78 is 5.45. The van der Waals surface area contributed by atoms with E-state index >= 15 is 0 Å². The zero-order valence-electron chi connectivity index (χ0n) is 14.3. The van der Waals surface area contributed by atoms with Crippen molar-refractivity contribution in [3.8, 4) is 0 Å². The zero-order chi connectivity index (χ0) is 18.1. The Morgan fingerprint density at radius 3 is 2.68 bits per heavy atom. The van der Waals surface area contributed by atoms with Crippen LogP contribution in [-0.2, 0) is 0 Å². The van der Waals surface area contributed by atoms with Crippen LogP contribution in [0.1, 0.15) is 40.0 Å². The number of fused-ring (bicyclic) bond motifs is 1. The molecule has 25 heavy (non-hydrogen) atoms. The second-order valence-electron chi connectivity index (χ2n) is 6.23. The number of carbonyl (C=O) groups is 1. The summed E-state index contributed by atoms with van der Waals surface area (Å²) in [5.74, 6) is -0.343. The number of nitrogens with one attached hydrogen (secondary N) is 2. The number of rotatable bonds is 3. The molecule has 0 aliphatic carbocycles. The smallest absolute Gasteiger partial charge is 0.257 e. The Morgan fingerprint density at radius 2 is 1.92 bits per heavy atom. The molecule has 4 nitrogen and oxygen atoms in total.